The molecule has 1 aliphatic carbocycles. The van der Waals surface area contributed by atoms with E-state index < -0.39 is 0 Å². The molecule has 1 aromatic rings. The van der Waals surface area contributed by atoms with Gasteiger partial charge in [-0.2, -0.15) is 0 Å². The van der Waals surface area contributed by atoms with Crippen LogP contribution in [0.15, 0.2) is 24.3 Å². The number of benzene rings is 1. The van der Waals surface area contributed by atoms with E-state index >= 15 is 0 Å². The van der Waals surface area contributed by atoms with Crippen LogP contribution in [0, 0.1) is 5.92 Å². The smallest absolute Gasteiger partial charge is 0.239 e. The summed E-state index contributed by atoms with van der Waals surface area (Å²) in [6.45, 7) is 5.02. The molecule has 2 atom stereocenters. The summed E-state index contributed by atoms with van der Waals surface area (Å²) in [4.78, 5) is 25.7. The molecule has 21 heavy (non-hydrogen) atoms. The lowest BCUT2D eigenvalue weighted by Gasteiger charge is -2.20. The van der Waals surface area contributed by atoms with E-state index in [4.69, 9.17) is 11.6 Å². The van der Waals surface area contributed by atoms with Gasteiger partial charge in [0.2, 0.25) is 11.8 Å². The molecule has 1 aromatic carbocycles. The van der Waals surface area contributed by atoms with Crippen molar-refractivity contribution in [3.8, 4) is 0 Å². The van der Waals surface area contributed by atoms with Gasteiger partial charge in [0.05, 0.1) is 6.54 Å². The van der Waals surface area contributed by atoms with Crippen LogP contribution >= 0.6 is 11.6 Å². The molecular weight excluding hydrogens is 288 g/mol. The van der Waals surface area contributed by atoms with E-state index in [1.165, 1.54) is 0 Å². The molecule has 0 spiro atoms. The predicted octanol–water partition coefficient (Wildman–Crippen LogP) is 2.43. The van der Waals surface area contributed by atoms with Gasteiger partial charge in [-0.05, 0) is 37.8 Å². The number of amides is 2. The zero-order valence-electron chi connectivity index (χ0n) is 12.4. The summed E-state index contributed by atoms with van der Waals surface area (Å²) in [7, 11) is 0. The Morgan fingerprint density at radius 2 is 2.05 bits per heavy atom. The minimum Gasteiger partial charge on any atom is -0.355 e. The zero-order chi connectivity index (χ0) is 15.4. The number of nitrogens with zero attached hydrogens (tertiary/aromatic N) is 1. The van der Waals surface area contributed by atoms with Gasteiger partial charge in [0, 0.05) is 24.0 Å². The Balaban J connectivity index is 1.98. The van der Waals surface area contributed by atoms with Gasteiger partial charge < -0.3 is 10.2 Å². The topological polar surface area (TPSA) is 49.4 Å². The maximum absolute atomic E-state index is 12.5. The maximum atomic E-state index is 12.5. The van der Waals surface area contributed by atoms with Gasteiger partial charge >= 0.3 is 0 Å². The first-order chi connectivity index (χ1) is 10.1. The van der Waals surface area contributed by atoms with E-state index in [9.17, 15) is 9.59 Å². The number of likely N-dealkylation sites (N-methyl/N-ethyl adjacent to an activating group) is 2. The fraction of sp³-hybridized carbons (Fsp3) is 0.500. The molecule has 0 aliphatic heterocycles. The molecular formula is C16H21ClN2O2. The van der Waals surface area contributed by atoms with Crippen molar-refractivity contribution in [1.29, 1.82) is 0 Å². The number of rotatable bonds is 6. The summed E-state index contributed by atoms with van der Waals surface area (Å²) in [6.07, 6.45) is 0.814. The Bertz CT molecular complexity index is 533. The second kappa shape index (κ2) is 6.94. The van der Waals surface area contributed by atoms with E-state index in [0.717, 1.165) is 12.0 Å². The van der Waals surface area contributed by atoms with Crippen molar-refractivity contribution in [2.24, 2.45) is 5.92 Å². The van der Waals surface area contributed by atoms with Gasteiger partial charge in [0.15, 0.2) is 0 Å². The molecule has 0 heterocycles. The number of halogens is 1. The molecule has 2 amide bonds. The van der Waals surface area contributed by atoms with Crippen LogP contribution in [0.25, 0.3) is 0 Å². The first kappa shape index (κ1) is 15.8. The maximum Gasteiger partial charge on any atom is 0.239 e. The summed E-state index contributed by atoms with van der Waals surface area (Å²) >= 11 is 6.18. The lowest BCUT2D eigenvalue weighted by atomic mass is 10.1. The molecule has 0 aromatic heterocycles. The third-order valence-electron chi connectivity index (χ3n) is 3.81. The van der Waals surface area contributed by atoms with Crippen LogP contribution in [-0.4, -0.2) is 36.3 Å². The van der Waals surface area contributed by atoms with Gasteiger partial charge in [-0.15, -0.1) is 0 Å². The highest BCUT2D eigenvalue weighted by Gasteiger charge is 2.46. The zero-order valence-corrected chi connectivity index (χ0v) is 13.2. The molecule has 2 rings (SSSR count). The highest BCUT2D eigenvalue weighted by Crippen LogP contribution is 2.50. The van der Waals surface area contributed by atoms with E-state index in [-0.39, 0.29) is 30.2 Å². The van der Waals surface area contributed by atoms with E-state index in [1.807, 2.05) is 38.1 Å². The molecule has 1 fully saturated rings. The van der Waals surface area contributed by atoms with Crippen molar-refractivity contribution in [3.63, 3.8) is 0 Å². The Labute approximate surface area is 130 Å². The average Bonchev–Trinajstić information content (AvgIpc) is 3.25. The highest BCUT2D eigenvalue weighted by molar-refractivity contribution is 6.31. The lowest BCUT2D eigenvalue weighted by molar-refractivity contribution is -0.137. The van der Waals surface area contributed by atoms with Crippen LogP contribution in [0.2, 0.25) is 5.02 Å². The van der Waals surface area contributed by atoms with Gasteiger partial charge in [-0.3, -0.25) is 9.59 Å². The first-order valence-electron chi connectivity index (χ1n) is 7.38. The quantitative estimate of drug-likeness (QED) is 0.877. The van der Waals surface area contributed by atoms with E-state index in [2.05, 4.69) is 5.32 Å². The molecule has 4 nitrogen and oxygen atoms in total. The molecule has 114 valence electrons. The van der Waals surface area contributed by atoms with Crippen molar-refractivity contribution < 1.29 is 9.59 Å². The number of carbonyl (C=O) groups excluding carboxylic acids is 2. The minimum absolute atomic E-state index is 0.0423. The molecule has 0 saturated heterocycles. The second-order valence-electron chi connectivity index (χ2n) is 5.28. The first-order valence-corrected chi connectivity index (χ1v) is 7.76. The molecule has 5 heteroatoms. The predicted molar refractivity (Wildman–Crippen MR) is 83.2 cm³/mol. The van der Waals surface area contributed by atoms with Crippen molar-refractivity contribution >= 4 is 23.4 Å². The van der Waals surface area contributed by atoms with Crippen LogP contribution in [-0.2, 0) is 9.59 Å². The van der Waals surface area contributed by atoms with Crippen LogP contribution in [0.4, 0.5) is 0 Å². The molecule has 1 N–H and O–H groups in total. The summed E-state index contributed by atoms with van der Waals surface area (Å²) < 4.78 is 0. The van der Waals surface area contributed by atoms with Crippen molar-refractivity contribution in [2.45, 2.75) is 26.2 Å². The van der Waals surface area contributed by atoms with Crippen LogP contribution in [0.3, 0.4) is 0 Å². The number of carbonyl (C=O) groups is 2. The average molecular weight is 309 g/mol. The summed E-state index contributed by atoms with van der Waals surface area (Å²) in [5, 5.41) is 3.44. The van der Waals surface area contributed by atoms with Crippen LogP contribution in [0.1, 0.15) is 31.7 Å². The van der Waals surface area contributed by atoms with Gasteiger partial charge in [-0.1, -0.05) is 29.8 Å². The van der Waals surface area contributed by atoms with Crippen LogP contribution < -0.4 is 5.32 Å². The largest absolute Gasteiger partial charge is 0.355 e. The molecule has 1 aliphatic rings. The van der Waals surface area contributed by atoms with Crippen LogP contribution in [0.5, 0.6) is 0 Å². The lowest BCUT2D eigenvalue weighted by Crippen LogP contribution is -2.41. The fourth-order valence-corrected chi connectivity index (χ4v) is 2.87. The number of nitrogens with one attached hydrogen (secondary N) is 1. The highest BCUT2D eigenvalue weighted by atomic mass is 35.5. The normalized spacial score (nSPS) is 20.0. The second-order valence-corrected chi connectivity index (χ2v) is 5.68. The van der Waals surface area contributed by atoms with Crippen molar-refractivity contribution in [3.05, 3.63) is 34.9 Å². The standard InChI is InChI=1S/C16H21ClN2O2/c1-3-18-15(20)10-19(4-2)16(21)13-9-12(13)11-7-5-6-8-14(11)17/h5-8,12-13H,3-4,9-10H2,1-2H3,(H,18,20). The Hall–Kier alpha value is -1.55. The minimum atomic E-state index is -0.109. The summed E-state index contributed by atoms with van der Waals surface area (Å²) in [5.41, 5.74) is 1.03. The van der Waals surface area contributed by atoms with Gasteiger partial charge in [0.1, 0.15) is 0 Å². The van der Waals surface area contributed by atoms with Crippen molar-refractivity contribution in [2.75, 3.05) is 19.6 Å². The van der Waals surface area contributed by atoms with E-state index in [1.54, 1.807) is 4.90 Å². The summed E-state index contributed by atoms with van der Waals surface area (Å²) in [6, 6.07) is 7.65. The Morgan fingerprint density at radius 1 is 1.33 bits per heavy atom. The molecule has 0 radical (unpaired) electrons. The fourth-order valence-electron chi connectivity index (χ4n) is 2.59. The SMILES string of the molecule is CCNC(=O)CN(CC)C(=O)C1CC1c1ccccc1Cl. The molecule has 0 bridgehead atoms. The van der Waals surface area contributed by atoms with Gasteiger partial charge in [0.25, 0.3) is 0 Å². The van der Waals surface area contributed by atoms with E-state index in [0.29, 0.717) is 18.1 Å². The Morgan fingerprint density at radius 3 is 2.67 bits per heavy atom. The number of hydrogen-bond donors (Lipinski definition) is 1. The van der Waals surface area contributed by atoms with Gasteiger partial charge in [-0.25, -0.2) is 0 Å². The third-order valence-corrected chi connectivity index (χ3v) is 4.16. The summed E-state index contributed by atoms with van der Waals surface area (Å²) in [5.74, 6) is 0.0880. The Kier molecular flexibility index (Phi) is 5.23. The monoisotopic (exact) mass is 308 g/mol. The van der Waals surface area contributed by atoms with Crippen molar-refractivity contribution in [1.82, 2.24) is 10.2 Å². The number of hydrogen-bond acceptors (Lipinski definition) is 2. The third kappa shape index (κ3) is 3.76. The molecule has 1 saturated carbocycles. The molecule has 2 unspecified atom stereocenters.